The summed E-state index contributed by atoms with van der Waals surface area (Å²) in [6.45, 7) is 0. The van der Waals surface area contributed by atoms with E-state index in [1.54, 1.807) is 0 Å². The summed E-state index contributed by atoms with van der Waals surface area (Å²) < 4.78 is 25.8. The maximum Gasteiger partial charge on any atom is 0 e. The van der Waals surface area contributed by atoms with Gasteiger partial charge >= 0.3 is 27.4 Å². The van der Waals surface area contributed by atoms with Crippen LogP contribution in [0.5, 0.6) is 0 Å². The Bertz CT molecular complexity index is 76.3. The monoisotopic (exact) mass is 210 g/mol. The van der Waals surface area contributed by atoms with E-state index >= 15 is 0 Å². The average Bonchev–Trinajstić information content (AvgIpc) is 0.811. The molecule has 0 aliphatic carbocycles. The molecule has 0 unspecified atom stereocenters. The van der Waals surface area contributed by atoms with Crippen LogP contribution >= 0.6 is 0 Å². The Morgan fingerprint density at radius 3 is 1.00 bits per heavy atom. The van der Waals surface area contributed by atoms with Crippen LogP contribution in [0.4, 0.5) is 0 Å². The molecule has 0 N–H and O–H groups in total. The van der Waals surface area contributed by atoms with E-state index in [1.807, 2.05) is 0 Å². The van der Waals surface area contributed by atoms with E-state index in [9.17, 15) is 0 Å². The fraction of sp³-hybridized carbons (Fsp3) is 0. The summed E-state index contributed by atoms with van der Waals surface area (Å²) in [5.41, 5.74) is 0. The molecule has 0 bridgehead atoms. The third-order valence-electron chi connectivity index (χ3n) is 0. The molecule has 0 aromatic rings. The van der Waals surface area contributed by atoms with Crippen LogP contribution in [0.2, 0.25) is 0 Å². The smallest absolute Gasteiger partial charge is 0 e. The first-order valence-electron chi connectivity index (χ1n) is 0.500. The summed E-state index contributed by atoms with van der Waals surface area (Å²) in [7, 11) is 0. The minimum atomic E-state index is -4.11. The molecule has 0 aromatic heterocycles. The van der Waals surface area contributed by atoms with Crippen LogP contribution in [0.25, 0.3) is 0 Å². The molecule has 26 valence electrons. The number of rotatable bonds is 0. The molecule has 0 spiro atoms. The summed E-state index contributed by atoms with van der Waals surface area (Å²) in [6.07, 6.45) is 0. The van der Waals surface area contributed by atoms with Crippen LogP contribution in [-0.4, -0.2) is 0 Å². The van der Waals surface area contributed by atoms with Crippen molar-refractivity contribution in [1.82, 2.24) is 0 Å². The van der Waals surface area contributed by atoms with E-state index in [1.165, 1.54) is 0 Å². The molecule has 0 aliphatic rings. The van der Waals surface area contributed by atoms with Crippen molar-refractivity contribution in [1.29, 1.82) is 0 Å². The molecule has 0 aliphatic heterocycles. The molecular formula is MoO3Zn. The molecule has 5 heteroatoms. The Morgan fingerprint density at radius 1 is 1.00 bits per heavy atom. The topological polar surface area (TPSA) is 51.2 Å². The molecule has 3 nitrogen and oxygen atoms in total. The first-order valence-corrected chi connectivity index (χ1v) is 2.96. The fourth-order valence-electron chi connectivity index (χ4n) is 0. The van der Waals surface area contributed by atoms with Gasteiger partial charge in [-0.05, 0) is 0 Å². The molecule has 0 atom stereocenters. The van der Waals surface area contributed by atoms with Crippen molar-refractivity contribution in [3.8, 4) is 0 Å². The van der Waals surface area contributed by atoms with Crippen LogP contribution in [0.1, 0.15) is 0 Å². The van der Waals surface area contributed by atoms with Crippen LogP contribution in [-0.2, 0) is 46.9 Å². The molecule has 5 heavy (non-hydrogen) atoms. The molecule has 0 saturated heterocycles. The number of hydrogen-bond acceptors (Lipinski definition) is 3. The van der Waals surface area contributed by atoms with E-state index in [0.717, 1.165) is 0 Å². The fourth-order valence-corrected chi connectivity index (χ4v) is 0. The predicted molar refractivity (Wildman–Crippen MR) is 2.06 cm³/mol. The largest absolute Gasteiger partial charge is 0 e. The minimum Gasteiger partial charge on any atom is 0 e. The van der Waals surface area contributed by atoms with Crippen LogP contribution < -0.4 is 0 Å². The number of hydrogen-bond donors (Lipinski definition) is 0. The molecule has 0 fully saturated rings. The SMILES string of the molecule is [O]=[Mo](=[O])=[O].[Zn]. The average molecular weight is 209 g/mol. The zero-order valence-corrected chi connectivity index (χ0v) is 7.31. The second kappa shape index (κ2) is 4.71. The van der Waals surface area contributed by atoms with Gasteiger partial charge in [-0.15, -0.1) is 0 Å². The normalized spacial score (nSPS) is 4.80. The van der Waals surface area contributed by atoms with Crippen molar-refractivity contribution in [2.45, 2.75) is 0 Å². The van der Waals surface area contributed by atoms with Crippen molar-refractivity contribution < 1.29 is 46.9 Å². The minimum absolute atomic E-state index is 0. The van der Waals surface area contributed by atoms with E-state index in [4.69, 9.17) is 10.2 Å². The molecule has 0 amide bonds. The Labute approximate surface area is 47.0 Å². The van der Waals surface area contributed by atoms with Crippen molar-refractivity contribution in [2.24, 2.45) is 0 Å². The van der Waals surface area contributed by atoms with Gasteiger partial charge in [0, 0.05) is 19.5 Å². The standard InChI is InChI=1S/Mo.3O.Zn. The molecule has 0 aromatic carbocycles. The third-order valence-corrected chi connectivity index (χ3v) is 0. The quantitative estimate of drug-likeness (QED) is 0.512. The molecule has 0 radical (unpaired) electrons. The Balaban J connectivity index is 0. The second-order valence-electron chi connectivity index (χ2n) is 0.204. The Morgan fingerprint density at radius 2 is 1.00 bits per heavy atom. The van der Waals surface area contributed by atoms with Gasteiger partial charge in [0.2, 0.25) is 0 Å². The predicted octanol–water partition coefficient (Wildman–Crippen LogP) is -0.361. The van der Waals surface area contributed by atoms with Crippen LogP contribution in [0.3, 0.4) is 0 Å². The second-order valence-corrected chi connectivity index (χ2v) is 1.21. The maximum absolute atomic E-state index is 8.59. The Hall–Kier alpha value is 0.712. The zero-order chi connectivity index (χ0) is 3.58. The molecular weight excluding hydrogens is 209 g/mol. The first-order chi connectivity index (χ1) is 1.73. The van der Waals surface area contributed by atoms with Crippen molar-refractivity contribution >= 4 is 0 Å². The summed E-state index contributed by atoms with van der Waals surface area (Å²) in [5.74, 6) is 0. The van der Waals surface area contributed by atoms with E-state index in [-0.39, 0.29) is 19.5 Å². The summed E-state index contributed by atoms with van der Waals surface area (Å²) in [4.78, 5) is 0. The van der Waals surface area contributed by atoms with Crippen molar-refractivity contribution in [3.05, 3.63) is 0 Å². The zero-order valence-electron chi connectivity index (χ0n) is 2.34. The van der Waals surface area contributed by atoms with Gasteiger partial charge in [0.15, 0.2) is 0 Å². The van der Waals surface area contributed by atoms with Gasteiger partial charge in [-0.2, -0.15) is 0 Å². The van der Waals surface area contributed by atoms with Gasteiger partial charge in [0.05, 0.1) is 0 Å². The Kier molecular flexibility index (Phi) is 8.67. The van der Waals surface area contributed by atoms with Gasteiger partial charge in [-0.1, -0.05) is 0 Å². The van der Waals surface area contributed by atoms with Gasteiger partial charge < -0.3 is 0 Å². The summed E-state index contributed by atoms with van der Waals surface area (Å²) >= 11 is -4.11. The van der Waals surface area contributed by atoms with Crippen LogP contribution in [0, 0.1) is 0 Å². The van der Waals surface area contributed by atoms with E-state index in [0.29, 0.717) is 0 Å². The summed E-state index contributed by atoms with van der Waals surface area (Å²) in [5, 5.41) is 0. The van der Waals surface area contributed by atoms with E-state index < -0.39 is 17.2 Å². The van der Waals surface area contributed by atoms with Crippen molar-refractivity contribution in [3.63, 3.8) is 0 Å². The van der Waals surface area contributed by atoms with Crippen LogP contribution in [0.15, 0.2) is 0 Å². The van der Waals surface area contributed by atoms with E-state index in [2.05, 4.69) is 0 Å². The molecule has 0 rings (SSSR count). The van der Waals surface area contributed by atoms with Gasteiger partial charge in [0.25, 0.3) is 0 Å². The first kappa shape index (κ1) is 9.20. The molecule has 0 heterocycles. The van der Waals surface area contributed by atoms with Gasteiger partial charge in [-0.25, -0.2) is 0 Å². The maximum atomic E-state index is 8.59. The summed E-state index contributed by atoms with van der Waals surface area (Å²) in [6, 6.07) is 0. The third kappa shape index (κ3) is 68.4. The van der Waals surface area contributed by atoms with Crippen molar-refractivity contribution in [2.75, 3.05) is 0 Å². The van der Waals surface area contributed by atoms with Gasteiger partial charge in [0.1, 0.15) is 0 Å². The van der Waals surface area contributed by atoms with Gasteiger partial charge in [-0.3, -0.25) is 0 Å². The molecule has 0 saturated carbocycles.